The smallest absolute Gasteiger partial charge is 0.252 e. The predicted molar refractivity (Wildman–Crippen MR) is 96.4 cm³/mol. The van der Waals surface area contributed by atoms with Gasteiger partial charge in [0.05, 0.1) is 16.6 Å². The molecule has 0 heterocycles. The van der Waals surface area contributed by atoms with Crippen LogP contribution in [0, 0.1) is 0 Å². The molecule has 2 rings (SSSR count). The quantitative estimate of drug-likeness (QED) is 0.813. The molecule has 2 aromatic carbocycles. The minimum atomic E-state index is -0.295. The molecule has 1 atom stereocenters. The van der Waals surface area contributed by atoms with Gasteiger partial charge in [-0.05, 0) is 36.8 Å². The summed E-state index contributed by atoms with van der Waals surface area (Å²) < 4.78 is 0. The Morgan fingerprint density at radius 3 is 2.54 bits per heavy atom. The molecule has 2 aromatic rings. The molecule has 0 saturated heterocycles. The second-order valence-corrected chi connectivity index (χ2v) is 6.17. The van der Waals surface area contributed by atoms with Crippen LogP contribution >= 0.6 is 23.2 Å². The minimum absolute atomic E-state index is 0.151. The number of benzene rings is 2. The third-order valence-corrected chi connectivity index (χ3v) is 4.05. The highest BCUT2D eigenvalue weighted by Gasteiger charge is 2.12. The molecule has 2 N–H and O–H groups in total. The van der Waals surface area contributed by atoms with Crippen LogP contribution in [-0.4, -0.2) is 18.4 Å². The summed E-state index contributed by atoms with van der Waals surface area (Å²) in [6.07, 6.45) is 0.182. The molecule has 0 aliphatic rings. The third kappa shape index (κ3) is 5.25. The monoisotopic (exact) mass is 364 g/mol. The molecule has 4 nitrogen and oxygen atoms in total. The highest BCUT2D eigenvalue weighted by atomic mass is 35.5. The fourth-order valence-electron chi connectivity index (χ4n) is 2.20. The first kappa shape index (κ1) is 18.3. The largest absolute Gasteiger partial charge is 0.351 e. The molecular formula is C18H18Cl2N2O2. The Balaban J connectivity index is 1.79. The van der Waals surface area contributed by atoms with E-state index in [2.05, 4.69) is 10.6 Å². The van der Waals surface area contributed by atoms with E-state index in [0.29, 0.717) is 15.6 Å². The molecule has 2 amide bonds. The van der Waals surface area contributed by atoms with Gasteiger partial charge in [0.15, 0.2) is 0 Å². The lowest BCUT2D eigenvalue weighted by atomic mass is 10.1. The zero-order chi connectivity index (χ0) is 17.5. The molecule has 0 radical (unpaired) electrons. The van der Waals surface area contributed by atoms with Crippen molar-refractivity contribution in [2.75, 3.05) is 6.54 Å². The van der Waals surface area contributed by atoms with Gasteiger partial charge in [0, 0.05) is 18.0 Å². The Morgan fingerprint density at radius 1 is 1.08 bits per heavy atom. The van der Waals surface area contributed by atoms with Crippen LogP contribution in [0.4, 0.5) is 0 Å². The van der Waals surface area contributed by atoms with Gasteiger partial charge < -0.3 is 10.6 Å². The Morgan fingerprint density at radius 2 is 1.83 bits per heavy atom. The van der Waals surface area contributed by atoms with Crippen molar-refractivity contribution < 1.29 is 9.59 Å². The minimum Gasteiger partial charge on any atom is -0.351 e. The first-order chi connectivity index (χ1) is 11.5. The van der Waals surface area contributed by atoms with Crippen molar-refractivity contribution in [1.29, 1.82) is 0 Å². The Labute approximate surface area is 151 Å². The average Bonchev–Trinajstić information content (AvgIpc) is 2.55. The van der Waals surface area contributed by atoms with Gasteiger partial charge in [0.25, 0.3) is 5.91 Å². The zero-order valence-corrected chi connectivity index (χ0v) is 14.7. The SMILES string of the molecule is C[C@H](NC(=O)CCNC(=O)c1ccccc1Cl)c1cccc(Cl)c1. The van der Waals surface area contributed by atoms with E-state index in [0.717, 1.165) is 5.56 Å². The van der Waals surface area contributed by atoms with Crippen molar-refractivity contribution in [1.82, 2.24) is 10.6 Å². The van der Waals surface area contributed by atoms with Gasteiger partial charge in [-0.25, -0.2) is 0 Å². The molecule has 24 heavy (non-hydrogen) atoms. The van der Waals surface area contributed by atoms with Gasteiger partial charge in [0.2, 0.25) is 5.91 Å². The molecule has 0 saturated carbocycles. The van der Waals surface area contributed by atoms with E-state index in [-0.39, 0.29) is 30.8 Å². The highest BCUT2D eigenvalue weighted by Crippen LogP contribution is 2.17. The molecule has 126 valence electrons. The maximum absolute atomic E-state index is 12.0. The summed E-state index contributed by atoms with van der Waals surface area (Å²) in [6.45, 7) is 2.12. The van der Waals surface area contributed by atoms with Gasteiger partial charge in [-0.2, -0.15) is 0 Å². The second kappa shape index (κ2) is 8.71. The summed E-state index contributed by atoms with van der Waals surface area (Å²) in [6, 6.07) is 13.9. The van der Waals surface area contributed by atoms with E-state index in [9.17, 15) is 9.59 Å². The lowest BCUT2D eigenvalue weighted by molar-refractivity contribution is -0.121. The number of carbonyl (C=O) groups is 2. The number of hydrogen-bond donors (Lipinski definition) is 2. The van der Waals surface area contributed by atoms with Crippen LogP contribution in [0.15, 0.2) is 48.5 Å². The first-order valence-electron chi connectivity index (χ1n) is 7.55. The van der Waals surface area contributed by atoms with E-state index >= 15 is 0 Å². The highest BCUT2D eigenvalue weighted by molar-refractivity contribution is 6.33. The topological polar surface area (TPSA) is 58.2 Å². The maximum Gasteiger partial charge on any atom is 0.252 e. The summed E-state index contributed by atoms with van der Waals surface area (Å²) in [5, 5.41) is 6.57. The van der Waals surface area contributed by atoms with Crippen LogP contribution < -0.4 is 10.6 Å². The molecule has 0 aliphatic heterocycles. The summed E-state index contributed by atoms with van der Waals surface area (Å²) in [4.78, 5) is 24.0. The lowest BCUT2D eigenvalue weighted by Crippen LogP contribution is -2.32. The normalized spacial score (nSPS) is 11.6. The Kier molecular flexibility index (Phi) is 6.64. The number of nitrogens with one attached hydrogen (secondary N) is 2. The molecule has 0 aromatic heterocycles. The zero-order valence-electron chi connectivity index (χ0n) is 13.2. The standard InChI is InChI=1S/C18H18Cl2N2O2/c1-12(13-5-4-6-14(19)11-13)22-17(23)9-10-21-18(24)15-7-2-3-8-16(15)20/h2-8,11-12H,9-10H2,1H3,(H,21,24)(H,22,23)/t12-/m0/s1. The van der Waals surface area contributed by atoms with Gasteiger partial charge in [-0.3, -0.25) is 9.59 Å². The molecule has 0 fully saturated rings. The summed E-state index contributed by atoms with van der Waals surface area (Å²) >= 11 is 11.9. The van der Waals surface area contributed by atoms with Crippen molar-refractivity contribution in [3.05, 3.63) is 69.7 Å². The number of carbonyl (C=O) groups excluding carboxylic acids is 2. The van der Waals surface area contributed by atoms with Crippen molar-refractivity contribution in [3.63, 3.8) is 0 Å². The lowest BCUT2D eigenvalue weighted by Gasteiger charge is -2.15. The summed E-state index contributed by atoms with van der Waals surface area (Å²) in [7, 11) is 0. The first-order valence-corrected chi connectivity index (χ1v) is 8.30. The van der Waals surface area contributed by atoms with E-state index in [1.807, 2.05) is 25.1 Å². The molecule has 0 aliphatic carbocycles. The van der Waals surface area contributed by atoms with Crippen molar-refractivity contribution in [2.45, 2.75) is 19.4 Å². The maximum atomic E-state index is 12.0. The predicted octanol–water partition coefficient (Wildman–Crippen LogP) is 3.99. The Hall–Kier alpha value is -2.04. The van der Waals surface area contributed by atoms with Crippen LogP contribution in [0.3, 0.4) is 0 Å². The van der Waals surface area contributed by atoms with Crippen LogP contribution in [0.25, 0.3) is 0 Å². The van der Waals surface area contributed by atoms with E-state index in [1.165, 1.54) is 0 Å². The number of amides is 2. The van der Waals surface area contributed by atoms with Crippen molar-refractivity contribution in [2.24, 2.45) is 0 Å². The van der Waals surface area contributed by atoms with Crippen molar-refractivity contribution in [3.8, 4) is 0 Å². The molecule has 0 unspecified atom stereocenters. The molecule has 0 spiro atoms. The fraction of sp³-hybridized carbons (Fsp3) is 0.222. The van der Waals surface area contributed by atoms with Gasteiger partial charge in [-0.1, -0.05) is 47.5 Å². The van der Waals surface area contributed by atoms with E-state index < -0.39 is 0 Å². The van der Waals surface area contributed by atoms with E-state index in [4.69, 9.17) is 23.2 Å². The number of halogens is 2. The molecule has 0 bridgehead atoms. The van der Waals surface area contributed by atoms with Crippen LogP contribution in [0.2, 0.25) is 10.0 Å². The molecule has 6 heteroatoms. The van der Waals surface area contributed by atoms with Gasteiger partial charge in [0.1, 0.15) is 0 Å². The molecular weight excluding hydrogens is 347 g/mol. The number of hydrogen-bond acceptors (Lipinski definition) is 2. The van der Waals surface area contributed by atoms with E-state index in [1.54, 1.807) is 30.3 Å². The van der Waals surface area contributed by atoms with Crippen molar-refractivity contribution >= 4 is 35.0 Å². The number of rotatable bonds is 6. The summed E-state index contributed by atoms with van der Waals surface area (Å²) in [5.74, 6) is -0.446. The fourth-order valence-corrected chi connectivity index (χ4v) is 2.62. The Bertz CT molecular complexity index is 734. The van der Waals surface area contributed by atoms with Gasteiger partial charge in [-0.15, -0.1) is 0 Å². The van der Waals surface area contributed by atoms with Crippen LogP contribution in [0.5, 0.6) is 0 Å². The van der Waals surface area contributed by atoms with Gasteiger partial charge >= 0.3 is 0 Å². The third-order valence-electron chi connectivity index (χ3n) is 3.48. The van der Waals surface area contributed by atoms with Crippen LogP contribution in [0.1, 0.15) is 35.3 Å². The van der Waals surface area contributed by atoms with Crippen LogP contribution in [-0.2, 0) is 4.79 Å². The second-order valence-electron chi connectivity index (χ2n) is 5.33. The average molecular weight is 365 g/mol. The summed E-state index contributed by atoms with van der Waals surface area (Å²) in [5.41, 5.74) is 1.32.